The van der Waals surface area contributed by atoms with Crippen LogP contribution >= 0.6 is 11.3 Å². The van der Waals surface area contributed by atoms with Crippen LogP contribution in [0.1, 0.15) is 44.8 Å². The molecule has 1 aromatic heterocycles. The number of hydrogen-bond acceptors (Lipinski definition) is 6. The van der Waals surface area contributed by atoms with Crippen LogP contribution in [0.4, 0.5) is 10.1 Å². The van der Waals surface area contributed by atoms with Crippen molar-refractivity contribution in [1.29, 1.82) is 0 Å². The van der Waals surface area contributed by atoms with Crippen LogP contribution in [0.25, 0.3) is 0 Å². The predicted octanol–water partition coefficient (Wildman–Crippen LogP) is 4.07. The van der Waals surface area contributed by atoms with Crippen molar-refractivity contribution < 1.29 is 17.6 Å². The van der Waals surface area contributed by atoms with E-state index in [1.807, 2.05) is 13.0 Å². The molecule has 0 aliphatic carbocycles. The third-order valence-electron chi connectivity index (χ3n) is 5.12. The van der Waals surface area contributed by atoms with Crippen LogP contribution in [-0.4, -0.2) is 35.4 Å². The molecule has 4 rings (SSSR count). The molecule has 0 bridgehead atoms. The molecule has 1 saturated heterocycles. The summed E-state index contributed by atoms with van der Waals surface area (Å²) in [5.74, 6) is -0.981. The first-order valence-electron chi connectivity index (χ1n) is 9.75. The van der Waals surface area contributed by atoms with Crippen molar-refractivity contribution in [1.82, 2.24) is 14.5 Å². The molecule has 31 heavy (non-hydrogen) atoms. The summed E-state index contributed by atoms with van der Waals surface area (Å²) in [4.78, 5) is 12.7. The fraction of sp³-hybridized carbons (Fsp3) is 0.286. The van der Waals surface area contributed by atoms with Crippen molar-refractivity contribution in [2.24, 2.45) is 0 Å². The summed E-state index contributed by atoms with van der Waals surface area (Å²) < 4.78 is 41.4. The van der Waals surface area contributed by atoms with Gasteiger partial charge in [-0.2, -0.15) is 4.31 Å². The Bertz CT molecular complexity index is 1240. The first kappa shape index (κ1) is 21.5. The van der Waals surface area contributed by atoms with Gasteiger partial charge in [0.05, 0.1) is 10.9 Å². The maximum absolute atomic E-state index is 13.3. The van der Waals surface area contributed by atoms with Gasteiger partial charge in [0.2, 0.25) is 15.0 Å². The summed E-state index contributed by atoms with van der Waals surface area (Å²) in [7, 11) is -3.72. The van der Waals surface area contributed by atoms with Crippen LogP contribution in [0, 0.1) is 19.7 Å². The van der Waals surface area contributed by atoms with Crippen molar-refractivity contribution in [3.05, 3.63) is 69.4 Å². The number of halogens is 1. The minimum Gasteiger partial charge on any atom is -0.320 e. The molecule has 0 spiro atoms. The Kier molecular flexibility index (Phi) is 5.87. The van der Waals surface area contributed by atoms with Gasteiger partial charge in [-0.1, -0.05) is 35.1 Å². The van der Waals surface area contributed by atoms with E-state index in [1.54, 1.807) is 25.1 Å². The highest BCUT2D eigenvalue weighted by atomic mass is 32.2. The van der Waals surface area contributed by atoms with E-state index in [9.17, 15) is 17.6 Å². The first-order chi connectivity index (χ1) is 14.8. The zero-order valence-electron chi connectivity index (χ0n) is 17.0. The van der Waals surface area contributed by atoms with Crippen molar-refractivity contribution in [2.45, 2.75) is 37.6 Å². The lowest BCUT2D eigenvalue weighted by Gasteiger charge is -2.23. The summed E-state index contributed by atoms with van der Waals surface area (Å²) in [6, 6.07) is 10.3. The summed E-state index contributed by atoms with van der Waals surface area (Å²) in [6.07, 6.45) is 1.30. The van der Waals surface area contributed by atoms with E-state index in [-0.39, 0.29) is 9.90 Å². The van der Waals surface area contributed by atoms with Gasteiger partial charge in [-0.05, 0) is 56.5 Å². The molecular weight excluding hydrogens is 439 g/mol. The number of carbonyl (C=O) groups excluding carboxylic acids is 1. The van der Waals surface area contributed by atoms with Crippen LogP contribution in [0.15, 0.2) is 47.4 Å². The number of hydrogen-bond donors (Lipinski definition) is 1. The fourth-order valence-corrected chi connectivity index (χ4v) is 6.52. The van der Waals surface area contributed by atoms with E-state index in [4.69, 9.17) is 0 Å². The summed E-state index contributed by atoms with van der Waals surface area (Å²) >= 11 is 1.05. The third-order valence-corrected chi connectivity index (χ3v) is 8.21. The number of sulfonamides is 1. The molecule has 2 aromatic carbocycles. The molecule has 10 heteroatoms. The summed E-state index contributed by atoms with van der Waals surface area (Å²) in [5, 5.41) is 11.2. The van der Waals surface area contributed by atoms with Crippen LogP contribution in [0.5, 0.6) is 0 Å². The molecule has 0 saturated carbocycles. The van der Waals surface area contributed by atoms with Gasteiger partial charge in [0.15, 0.2) is 0 Å². The molecule has 1 amide bonds. The lowest BCUT2D eigenvalue weighted by Crippen LogP contribution is -2.31. The second kappa shape index (κ2) is 8.45. The Labute approximate surface area is 184 Å². The van der Waals surface area contributed by atoms with Crippen molar-refractivity contribution >= 4 is 33.0 Å². The first-order valence-corrected chi connectivity index (χ1v) is 12.0. The number of benzene rings is 2. The number of nitrogens with one attached hydrogen (secondary N) is 1. The second-order valence-corrected chi connectivity index (χ2v) is 10.3. The van der Waals surface area contributed by atoms with Gasteiger partial charge >= 0.3 is 0 Å². The minimum atomic E-state index is -3.72. The van der Waals surface area contributed by atoms with Gasteiger partial charge in [-0.25, -0.2) is 12.8 Å². The molecule has 7 nitrogen and oxygen atoms in total. The van der Waals surface area contributed by atoms with E-state index in [0.717, 1.165) is 16.9 Å². The zero-order valence-corrected chi connectivity index (χ0v) is 18.6. The molecule has 1 atom stereocenters. The lowest BCUT2D eigenvalue weighted by molar-refractivity contribution is 0.102. The van der Waals surface area contributed by atoms with Gasteiger partial charge in [-0.15, -0.1) is 10.2 Å². The smallest absolute Gasteiger partial charge is 0.286 e. The van der Waals surface area contributed by atoms with Crippen molar-refractivity contribution in [3.63, 3.8) is 0 Å². The van der Waals surface area contributed by atoms with Crippen LogP contribution in [0.3, 0.4) is 0 Å². The number of aryl methyl sites for hydroxylation is 2. The SMILES string of the molecule is Cc1ccc(S(=O)(=O)N2CCC[C@H]2c2nnc(C(=O)Nc3cccc(F)c3)s2)c(C)c1. The third kappa shape index (κ3) is 4.36. The molecule has 3 aromatic rings. The minimum absolute atomic E-state index is 0.0926. The van der Waals surface area contributed by atoms with Crippen LogP contribution in [-0.2, 0) is 10.0 Å². The Balaban J connectivity index is 1.57. The van der Waals surface area contributed by atoms with Gasteiger partial charge in [0.25, 0.3) is 5.91 Å². The fourth-order valence-electron chi connectivity index (χ4n) is 3.70. The largest absolute Gasteiger partial charge is 0.320 e. The molecule has 1 fully saturated rings. The van der Waals surface area contributed by atoms with E-state index in [1.165, 1.54) is 22.5 Å². The Morgan fingerprint density at radius 1 is 1.19 bits per heavy atom. The predicted molar refractivity (Wildman–Crippen MR) is 116 cm³/mol. The number of nitrogens with zero attached hydrogens (tertiary/aromatic N) is 3. The second-order valence-electron chi connectivity index (χ2n) is 7.45. The highest BCUT2D eigenvalue weighted by molar-refractivity contribution is 7.89. The van der Waals surface area contributed by atoms with E-state index in [0.29, 0.717) is 35.6 Å². The maximum Gasteiger partial charge on any atom is 0.286 e. The maximum atomic E-state index is 13.3. The average Bonchev–Trinajstić information content (AvgIpc) is 3.37. The number of rotatable bonds is 5. The molecule has 1 aliphatic rings. The quantitative estimate of drug-likeness (QED) is 0.620. The van der Waals surface area contributed by atoms with Crippen LogP contribution < -0.4 is 5.32 Å². The van der Waals surface area contributed by atoms with Crippen LogP contribution in [0.2, 0.25) is 0 Å². The lowest BCUT2D eigenvalue weighted by atomic mass is 10.2. The summed E-state index contributed by atoms with van der Waals surface area (Å²) in [5.41, 5.74) is 1.99. The Morgan fingerprint density at radius 2 is 2.00 bits per heavy atom. The molecule has 162 valence electrons. The highest BCUT2D eigenvalue weighted by Gasteiger charge is 2.39. The zero-order chi connectivity index (χ0) is 22.2. The monoisotopic (exact) mass is 460 g/mol. The van der Waals surface area contributed by atoms with Crippen molar-refractivity contribution in [3.8, 4) is 0 Å². The highest BCUT2D eigenvalue weighted by Crippen LogP contribution is 2.38. The molecule has 0 unspecified atom stereocenters. The topological polar surface area (TPSA) is 92.3 Å². The van der Waals surface area contributed by atoms with E-state index in [2.05, 4.69) is 15.5 Å². The molecule has 2 heterocycles. The van der Waals surface area contributed by atoms with Gasteiger partial charge in [0.1, 0.15) is 10.8 Å². The normalized spacial score (nSPS) is 17.1. The standard InChI is InChI=1S/C21H21FN4O3S2/c1-13-8-9-18(14(2)11-13)31(28,29)26-10-4-7-17(26)20-24-25-21(30-20)19(27)23-16-6-3-5-15(22)12-16/h3,5-6,8-9,11-12,17H,4,7,10H2,1-2H3,(H,23,27)/t17-/m0/s1. The van der Waals surface area contributed by atoms with Crippen molar-refractivity contribution in [2.75, 3.05) is 11.9 Å². The van der Waals surface area contributed by atoms with Gasteiger partial charge < -0.3 is 5.32 Å². The number of anilines is 1. The molecule has 0 radical (unpaired) electrons. The van der Waals surface area contributed by atoms with Gasteiger partial charge in [-0.3, -0.25) is 4.79 Å². The molecular formula is C21H21FN4O3S2. The number of aromatic nitrogens is 2. The Hall–Kier alpha value is -2.69. The molecule has 1 aliphatic heterocycles. The Morgan fingerprint density at radius 3 is 2.74 bits per heavy atom. The van der Waals surface area contributed by atoms with E-state index >= 15 is 0 Å². The van der Waals surface area contributed by atoms with Gasteiger partial charge in [0, 0.05) is 12.2 Å². The molecule has 1 N–H and O–H groups in total. The average molecular weight is 461 g/mol. The van der Waals surface area contributed by atoms with E-state index < -0.39 is 27.8 Å². The number of amides is 1. The summed E-state index contributed by atoms with van der Waals surface area (Å²) in [6.45, 7) is 4.08. The number of carbonyl (C=O) groups is 1.